The maximum Gasteiger partial charge on any atom is 0.409 e. The molecular formula is C19H24N4O3. The number of amides is 2. The van der Waals surface area contributed by atoms with Crippen molar-refractivity contribution in [1.82, 2.24) is 20.0 Å². The van der Waals surface area contributed by atoms with Crippen molar-refractivity contribution >= 4 is 12.0 Å². The molecule has 0 aliphatic carbocycles. The molecule has 7 heteroatoms. The van der Waals surface area contributed by atoms with Crippen molar-refractivity contribution in [3.63, 3.8) is 0 Å². The van der Waals surface area contributed by atoms with Gasteiger partial charge in [-0.25, -0.2) is 9.48 Å². The highest BCUT2D eigenvalue weighted by atomic mass is 16.6. The summed E-state index contributed by atoms with van der Waals surface area (Å²) < 4.78 is 6.78. The number of ether oxygens (including phenoxy) is 1. The summed E-state index contributed by atoms with van der Waals surface area (Å²) in [6.07, 6.45) is 2.76. The van der Waals surface area contributed by atoms with Crippen LogP contribution in [0.25, 0.3) is 5.69 Å². The van der Waals surface area contributed by atoms with Crippen molar-refractivity contribution in [3.8, 4) is 5.69 Å². The smallest absolute Gasteiger partial charge is 0.409 e. The van der Waals surface area contributed by atoms with Crippen molar-refractivity contribution in [2.75, 3.05) is 19.7 Å². The Morgan fingerprint density at radius 3 is 2.58 bits per heavy atom. The number of benzene rings is 1. The first-order valence-corrected chi connectivity index (χ1v) is 8.92. The Morgan fingerprint density at radius 1 is 1.23 bits per heavy atom. The van der Waals surface area contributed by atoms with E-state index in [4.69, 9.17) is 4.74 Å². The monoisotopic (exact) mass is 356 g/mol. The van der Waals surface area contributed by atoms with Gasteiger partial charge in [-0.1, -0.05) is 18.2 Å². The van der Waals surface area contributed by atoms with Crippen LogP contribution in [0.3, 0.4) is 0 Å². The van der Waals surface area contributed by atoms with E-state index in [0.29, 0.717) is 25.3 Å². The van der Waals surface area contributed by atoms with Crippen LogP contribution in [0.2, 0.25) is 0 Å². The first kappa shape index (κ1) is 18.0. The fourth-order valence-electron chi connectivity index (χ4n) is 3.15. The highest BCUT2D eigenvalue weighted by Crippen LogP contribution is 2.16. The number of carbonyl (C=O) groups is 2. The molecule has 1 aliphatic rings. The number of aromatic nitrogens is 2. The Bertz CT molecular complexity index is 764. The van der Waals surface area contributed by atoms with Gasteiger partial charge in [-0.3, -0.25) is 4.79 Å². The molecule has 1 saturated heterocycles. The van der Waals surface area contributed by atoms with E-state index in [-0.39, 0.29) is 18.0 Å². The minimum atomic E-state index is -0.280. The number of rotatable bonds is 4. The molecule has 26 heavy (non-hydrogen) atoms. The highest BCUT2D eigenvalue weighted by Gasteiger charge is 2.25. The fourth-order valence-corrected chi connectivity index (χ4v) is 3.15. The third kappa shape index (κ3) is 3.87. The van der Waals surface area contributed by atoms with Gasteiger partial charge in [-0.05, 0) is 38.8 Å². The van der Waals surface area contributed by atoms with Gasteiger partial charge in [0.25, 0.3) is 5.91 Å². The Balaban J connectivity index is 1.60. The minimum Gasteiger partial charge on any atom is -0.450 e. The number of likely N-dealkylation sites (tertiary alicyclic amines) is 1. The Hall–Kier alpha value is -2.83. The number of hydrogen-bond acceptors (Lipinski definition) is 4. The number of hydrogen-bond donors (Lipinski definition) is 1. The molecule has 1 aliphatic heterocycles. The second kappa shape index (κ2) is 8.03. The topological polar surface area (TPSA) is 76.5 Å². The van der Waals surface area contributed by atoms with Gasteiger partial charge in [-0.15, -0.1) is 0 Å². The predicted molar refractivity (Wildman–Crippen MR) is 97.4 cm³/mol. The lowest BCUT2D eigenvalue weighted by molar-refractivity contribution is 0.0859. The van der Waals surface area contributed by atoms with Crippen LogP contribution >= 0.6 is 0 Å². The number of para-hydroxylation sites is 1. The standard InChI is InChI=1S/C19H24N4O3/c1-3-26-19(25)22-11-9-15(10-12-22)21-18(24)17-13-20-23(14(17)2)16-7-5-4-6-8-16/h4-8,13,15H,3,9-12H2,1-2H3,(H,21,24). The van der Waals surface area contributed by atoms with Crippen molar-refractivity contribution in [1.29, 1.82) is 0 Å². The van der Waals surface area contributed by atoms with E-state index in [1.165, 1.54) is 0 Å². The van der Waals surface area contributed by atoms with Gasteiger partial charge in [0.05, 0.1) is 29.7 Å². The molecule has 0 unspecified atom stereocenters. The molecule has 7 nitrogen and oxygen atoms in total. The largest absolute Gasteiger partial charge is 0.450 e. The third-order valence-corrected chi connectivity index (χ3v) is 4.61. The predicted octanol–water partition coefficient (Wildman–Crippen LogP) is 2.53. The van der Waals surface area contributed by atoms with Crippen molar-refractivity contribution in [2.45, 2.75) is 32.7 Å². The molecule has 2 aromatic rings. The normalized spacial score (nSPS) is 14.9. The maximum absolute atomic E-state index is 12.6. The molecule has 1 aromatic carbocycles. The molecule has 0 bridgehead atoms. The SMILES string of the molecule is CCOC(=O)N1CCC(NC(=O)c2cnn(-c3ccccc3)c2C)CC1. The van der Waals surface area contributed by atoms with Gasteiger partial charge in [-0.2, -0.15) is 5.10 Å². The lowest BCUT2D eigenvalue weighted by Gasteiger charge is -2.31. The molecule has 1 fully saturated rings. The Labute approximate surface area is 152 Å². The summed E-state index contributed by atoms with van der Waals surface area (Å²) in [7, 11) is 0. The summed E-state index contributed by atoms with van der Waals surface area (Å²) in [6, 6.07) is 9.77. The van der Waals surface area contributed by atoms with Crippen molar-refractivity contribution in [3.05, 3.63) is 47.8 Å². The molecule has 138 valence electrons. The van der Waals surface area contributed by atoms with Crippen molar-refractivity contribution < 1.29 is 14.3 Å². The van der Waals surface area contributed by atoms with Gasteiger partial charge in [0.2, 0.25) is 0 Å². The van der Waals surface area contributed by atoms with E-state index in [1.807, 2.05) is 37.3 Å². The molecule has 1 N–H and O–H groups in total. The summed E-state index contributed by atoms with van der Waals surface area (Å²) in [5.41, 5.74) is 2.30. The van der Waals surface area contributed by atoms with E-state index in [9.17, 15) is 9.59 Å². The molecule has 2 heterocycles. The molecule has 1 aromatic heterocycles. The van der Waals surface area contributed by atoms with Crippen LogP contribution in [0.5, 0.6) is 0 Å². The van der Waals surface area contributed by atoms with E-state index in [1.54, 1.807) is 22.7 Å². The number of nitrogens with zero attached hydrogens (tertiary/aromatic N) is 3. The fraction of sp³-hybridized carbons (Fsp3) is 0.421. The van der Waals surface area contributed by atoms with Crippen LogP contribution in [0.1, 0.15) is 35.8 Å². The van der Waals surface area contributed by atoms with E-state index in [2.05, 4.69) is 10.4 Å². The summed E-state index contributed by atoms with van der Waals surface area (Å²) in [5.74, 6) is -0.126. The summed E-state index contributed by atoms with van der Waals surface area (Å²) in [5, 5.41) is 7.40. The van der Waals surface area contributed by atoms with E-state index < -0.39 is 0 Å². The zero-order chi connectivity index (χ0) is 18.5. The first-order valence-electron chi connectivity index (χ1n) is 8.92. The quantitative estimate of drug-likeness (QED) is 0.913. The molecule has 2 amide bonds. The molecule has 0 radical (unpaired) electrons. The highest BCUT2D eigenvalue weighted by molar-refractivity contribution is 5.95. The summed E-state index contributed by atoms with van der Waals surface area (Å²) >= 11 is 0. The second-order valence-corrected chi connectivity index (χ2v) is 6.32. The lowest BCUT2D eigenvalue weighted by Crippen LogP contribution is -2.46. The molecule has 0 spiro atoms. The van der Waals surface area contributed by atoms with Crippen molar-refractivity contribution in [2.24, 2.45) is 0 Å². The molecule has 0 saturated carbocycles. The van der Waals surface area contributed by atoms with Crippen LogP contribution in [0, 0.1) is 6.92 Å². The number of nitrogens with one attached hydrogen (secondary N) is 1. The van der Waals surface area contributed by atoms with Crippen LogP contribution in [0.15, 0.2) is 36.5 Å². The number of carbonyl (C=O) groups excluding carboxylic acids is 2. The molecular weight excluding hydrogens is 332 g/mol. The molecule has 0 atom stereocenters. The van der Waals surface area contributed by atoms with E-state index >= 15 is 0 Å². The van der Waals surface area contributed by atoms with Gasteiger partial charge in [0.15, 0.2) is 0 Å². The summed E-state index contributed by atoms with van der Waals surface area (Å²) in [4.78, 5) is 26.0. The van der Waals surface area contributed by atoms with Gasteiger partial charge >= 0.3 is 6.09 Å². The van der Waals surface area contributed by atoms with Crippen LogP contribution in [-0.2, 0) is 4.74 Å². The first-order chi connectivity index (χ1) is 12.6. The lowest BCUT2D eigenvalue weighted by atomic mass is 10.0. The van der Waals surface area contributed by atoms with Gasteiger partial charge in [0, 0.05) is 19.1 Å². The van der Waals surface area contributed by atoms with E-state index in [0.717, 1.165) is 24.2 Å². The summed E-state index contributed by atoms with van der Waals surface area (Å²) in [6.45, 7) is 5.24. The average molecular weight is 356 g/mol. The zero-order valence-corrected chi connectivity index (χ0v) is 15.1. The average Bonchev–Trinajstić information content (AvgIpc) is 3.05. The Morgan fingerprint density at radius 2 is 1.92 bits per heavy atom. The third-order valence-electron chi connectivity index (χ3n) is 4.61. The second-order valence-electron chi connectivity index (χ2n) is 6.32. The minimum absolute atomic E-state index is 0.0488. The zero-order valence-electron chi connectivity index (χ0n) is 15.1. The molecule has 3 rings (SSSR count). The maximum atomic E-state index is 12.6. The van der Waals surface area contributed by atoms with Crippen LogP contribution in [-0.4, -0.2) is 52.4 Å². The Kier molecular flexibility index (Phi) is 5.55. The van der Waals surface area contributed by atoms with Crippen LogP contribution in [0.4, 0.5) is 4.79 Å². The van der Waals surface area contributed by atoms with Gasteiger partial charge in [0.1, 0.15) is 0 Å². The van der Waals surface area contributed by atoms with Gasteiger partial charge < -0.3 is 15.0 Å². The number of piperidine rings is 1. The van der Waals surface area contributed by atoms with Crippen LogP contribution < -0.4 is 5.32 Å².